The van der Waals surface area contributed by atoms with Crippen LogP contribution in [0.25, 0.3) is 0 Å². The number of ether oxygens (including phenoxy) is 1. The summed E-state index contributed by atoms with van der Waals surface area (Å²) >= 11 is 0. The molecule has 2 rings (SSSR count). The van der Waals surface area contributed by atoms with Crippen LogP contribution in [0.3, 0.4) is 0 Å². The van der Waals surface area contributed by atoms with Crippen LogP contribution in [0.2, 0.25) is 0 Å². The lowest BCUT2D eigenvalue weighted by atomic mass is 10.2. The zero-order valence-corrected chi connectivity index (χ0v) is 12.6. The minimum atomic E-state index is -0.269. The second-order valence-electron chi connectivity index (χ2n) is 4.96. The van der Waals surface area contributed by atoms with E-state index < -0.39 is 0 Å². The summed E-state index contributed by atoms with van der Waals surface area (Å²) in [7, 11) is 1.49. The van der Waals surface area contributed by atoms with Gasteiger partial charge < -0.3 is 20.5 Å². The number of carbonyl (C=O) groups is 1. The van der Waals surface area contributed by atoms with Crippen molar-refractivity contribution in [2.75, 3.05) is 7.11 Å². The van der Waals surface area contributed by atoms with Crippen molar-refractivity contribution < 1.29 is 14.6 Å². The van der Waals surface area contributed by atoms with Crippen molar-refractivity contribution in [3.8, 4) is 11.5 Å². The fourth-order valence-corrected chi connectivity index (χ4v) is 2.04. The van der Waals surface area contributed by atoms with E-state index in [-0.39, 0.29) is 17.8 Å². The molecule has 1 heterocycles. The fourth-order valence-electron chi connectivity index (χ4n) is 2.04. The van der Waals surface area contributed by atoms with Gasteiger partial charge in [-0.3, -0.25) is 4.68 Å². The Hall–Kier alpha value is -2.70. The van der Waals surface area contributed by atoms with Crippen molar-refractivity contribution in [3.63, 3.8) is 0 Å². The maximum atomic E-state index is 11.8. The molecule has 3 N–H and O–H groups in total. The third-order valence-corrected chi connectivity index (χ3v) is 3.09. The van der Waals surface area contributed by atoms with Gasteiger partial charge in [0.2, 0.25) is 0 Å². The van der Waals surface area contributed by atoms with E-state index in [0.717, 1.165) is 5.56 Å². The maximum absolute atomic E-state index is 11.8. The van der Waals surface area contributed by atoms with Crippen LogP contribution in [0, 0.1) is 0 Å². The molecule has 1 aromatic carbocycles. The van der Waals surface area contributed by atoms with Gasteiger partial charge in [0.25, 0.3) is 0 Å². The number of phenols is 1. The normalized spacial score (nSPS) is 11.7. The Labute approximate surface area is 128 Å². The highest BCUT2D eigenvalue weighted by atomic mass is 16.5. The van der Waals surface area contributed by atoms with Crippen LogP contribution >= 0.6 is 0 Å². The predicted molar refractivity (Wildman–Crippen MR) is 81.7 cm³/mol. The standard InChI is InChI=1S/C15H20N4O3/c1-11(10-19-7-3-6-17-19)18-15(21)16-9-12-4-5-14(22-2)13(20)8-12/h3-8,11,20H,9-10H2,1-2H3,(H2,16,18,21)/t11-/m0/s1. The third kappa shape index (κ3) is 4.41. The summed E-state index contributed by atoms with van der Waals surface area (Å²) in [5.41, 5.74) is 0.785. The van der Waals surface area contributed by atoms with E-state index in [0.29, 0.717) is 18.8 Å². The van der Waals surface area contributed by atoms with Gasteiger partial charge in [0.15, 0.2) is 11.5 Å². The average molecular weight is 304 g/mol. The zero-order valence-electron chi connectivity index (χ0n) is 12.6. The molecule has 1 aromatic heterocycles. The largest absolute Gasteiger partial charge is 0.504 e. The minimum Gasteiger partial charge on any atom is -0.504 e. The molecular weight excluding hydrogens is 284 g/mol. The number of nitrogens with zero attached hydrogens (tertiary/aromatic N) is 2. The van der Waals surface area contributed by atoms with Gasteiger partial charge in [0, 0.05) is 25.0 Å². The number of rotatable bonds is 6. The Kier molecular flexibility index (Phi) is 5.24. The number of nitrogens with one attached hydrogen (secondary N) is 2. The lowest BCUT2D eigenvalue weighted by molar-refractivity contribution is 0.235. The first-order chi connectivity index (χ1) is 10.6. The predicted octanol–water partition coefficient (Wildman–Crippen LogP) is 1.49. The monoisotopic (exact) mass is 304 g/mol. The van der Waals surface area contributed by atoms with Gasteiger partial charge in [-0.05, 0) is 30.7 Å². The number of amides is 2. The van der Waals surface area contributed by atoms with Gasteiger partial charge >= 0.3 is 6.03 Å². The number of carbonyl (C=O) groups excluding carboxylic acids is 1. The average Bonchev–Trinajstić information content (AvgIpc) is 2.98. The molecule has 2 aromatic rings. The van der Waals surface area contributed by atoms with Crippen LogP contribution in [0.15, 0.2) is 36.7 Å². The van der Waals surface area contributed by atoms with Crippen molar-refractivity contribution >= 4 is 6.03 Å². The molecule has 1 atom stereocenters. The van der Waals surface area contributed by atoms with Gasteiger partial charge in [0.05, 0.1) is 13.7 Å². The first kappa shape index (κ1) is 15.7. The number of aromatic nitrogens is 2. The van der Waals surface area contributed by atoms with E-state index in [1.165, 1.54) is 7.11 Å². The van der Waals surface area contributed by atoms with E-state index in [2.05, 4.69) is 15.7 Å². The van der Waals surface area contributed by atoms with Crippen LogP contribution < -0.4 is 15.4 Å². The topological polar surface area (TPSA) is 88.4 Å². The number of hydrogen-bond acceptors (Lipinski definition) is 4. The smallest absolute Gasteiger partial charge is 0.315 e. The minimum absolute atomic E-state index is 0.0502. The summed E-state index contributed by atoms with van der Waals surface area (Å²) in [4.78, 5) is 11.8. The fraction of sp³-hybridized carbons (Fsp3) is 0.333. The molecule has 0 spiro atoms. The second kappa shape index (κ2) is 7.35. The maximum Gasteiger partial charge on any atom is 0.315 e. The van der Waals surface area contributed by atoms with Crippen LogP contribution in [-0.2, 0) is 13.1 Å². The Bertz CT molecular complexity index is 613. The number of benzene rings is 1. The molecule has 0 aliphatic carbocycles. The van der Waals surface area contributed by atoms with Crippen molar-refractivity contribution in [1.82, 2.24) is 20.4 Å². The van der Waals surface area contributed by atoms with E-state index in [4.69, 9.17) is 4.74 Å². The van der Waals surface area contributed by atoms with Gasteiger partial charge in [-0.15, -0.1) is 0 Å². The van der Waals surface area contributed by atoms with Crippen LogP contribution in [0.4, 0.5) is 4.79 Å². The molecule has 2 amide bonds. The summed E-state index contributed by atoms with van der Waals surface area (Å²) in [6, 6.07) is 6.52. The molecule has 7 nitrogen and oxygen atoms in total. The Morgan fingerprint density at radius 2 is 2.32 bits per heavy atom. The van der Waals surface area contributed by atoms with Gasteiger partial charge in [-0.2, -0.15) is 5.10 Å². The van der Waals surface area contributed by atoms with Gasteiger partial charge in [-0.25, -0.2) is 4.79 Å². The molecule has 0 fully saturated rings. The first-order valence-electron chi connectivity index (χ1n) is 6.96. The molecule has 0 unspecified atom stereocenters. The van der Waals surface area contributed by atoms with Crippen LogP contribution in [0.5, 0.6) is 11.5 Å². The van der Waals surface area contributed by atoms with E-state index in [9.17, 15) is 9.90 Å². The van der Waals surface area contributed by atoms with Crippen molar-refractivity contribution in [1.29, 1.82) is 0 Å². The Balaban J connectivity index is 1.78. The summed E-state index contributed by atoms with van der Waals surface area (Å²) in [6.07, 6.45) is 3.54. The van der Waals surface area contributed by atoms with Gasteiger partial charge in [0.1, 0.15) is 0 Å². The van der Waals surface area contributed by atoms with Crippen LogP contribution in [0.1, 0.15) is 12.5 Å². The summed E-state index contributed by atoms with van der Waals surface area (Å²) in [5, 5.41) is 19.3. The molecule has 0 aliphatic rings. The number of urea groups is 1. The number of hydrogen-bond donors (Lipinski definition) is 3. The molecule has 0 saturated carbocycles. The highest BCUT2D eigenvalue weighted by Crippen LogP contribution is 2.25. The second-order valence-corrected chi connectivity index (χ2v) is 4.96. The lowest BCUT2D eigenvalue weighted by Crippen LogP contribution is -2.42. The molecule has 0 bridgehead atoms. The summed E-state index contributed by atoms with van der Waals surface area (Å²) in [6.45, 7) is 2.82. The van der Waals surface area contributed by atoms with Crippen molar-refractivity contribution in [2.45, 2.75) is 26.1 Å². The Morgan fingerprint density at radius 1 is 1.50 bits per heavy atom. The third-order valence-electron chi connectivity index (χ3n) is 3.09. The van der Waals surface area contributed by atoms with Crippen LogP contribution in [-0.4, -0.2) is 34.1 Å². The molecule has 0 aliphatic heterocycles. The van der Waals surface area contributed by atoms with Crippen molar-refractivity contribution in [3.05, 3.63) is 42.2 Å². The number of aromatic hydroxyl groups is 1. The first-order valence-corrected chi connectivity index (χ1v) is 6.96. The zero-order chi connectivity index (χ0) is 15.9. The molecular formula is C15H20N4O3. The summed E-state index contributed by atoms with van der Waals surface area (Å²) in [5.74, 6) is 0.454. The number of phenolic OH excluding ortho intramolecular Hbond substituents is 1. The molecule has 7 heteroatoms. The Morgan fingerprint density at radius 3 is 2.95 bits per heavy atom. The van der Waals surface area contributed by atoms with E-state index in [1.54, 1.807) is 29.1 Å². The number of methoxy groups -OCH3 is 1. The highest BCUT2D eigenvalue weighted by Gasteiger charge is 2.08. The highest BCUT2D eigenvalue weighted by molar-refractivity contribution is 5.74. The quantitative estimate of drug-likeness (QED) is 0.754. The van der Waals surface area contributed by atoms with Gasteiger partial charge in [-0.1, -0.05) is 6.07 Å². The SMILES string of the molecule is COc1ccc(CNC(=O)N[C@@H](C)Cn2cccn2)cc1O. The molecule has 118 valence electrons. The van der Waals surface area contributed by atoms with E-state index in [1.807, 2.05) is 19.2 Å². The molecule has 0 radical (unpaired) electrons. The molecule has 22 heavy (non-hydrogen) atoms. The lowest BCUT2D eigenvalue weighted by Gasteiger charge is -2.15. The summed E-state index contributed by atoms with van der Waals surface area (Å²) < 4.78 is 6.73. The van der Waals surface area contributed by atoms with E-state index >= 15 is 0 Å². The molecule has 0 saturated heterocycles. The van der Waals surface area contributed by atoms with Crippen molar-refractivity contribution in [2.24, 2.45) is 0 Å².